The summed E-state index contributed by atoms with van der Waals surface area (Å²) < 4.78 is 41.5. The van der Waals surface area contributed by atoms with Gasteiger partial charge in [0.05, 0.1) is 11.6 Å². The number of nitrogen functional groups attached to an aromatic ring is 1. The van der Waals surface area contributed by atoms with Gasteiger partial charge in [-0.25, -0.2) is 4.98 Å². The average molecular weight is 696 g/mol. The van der Waals surface area contributed by atoms with Crippen molar-refractivity contribution < 1.29 is 36.4 Å². The molecule has 1 fully saturated rings. The van der Waals surface area contributed by atoms with E-state index in [9.17, 15) is 18.0 Å². The number of carbonyl (C=O) groups is 2. The van der Waals surface area contributed by atoms with Crippen LogP contribution in [0.2, 0.25) is 0 Å². The fraction of sp³-hybridized carbons (Fsp3) is 0.536. The number of fused-ring (bicyclic) bond motifs is 1. The zero-order valence-electron chi connectivity index (χ0n) is 26.3. The third kappa shape index (κ3) is 9.74. The number of nitrogens with zero attached hydrogens (tertiary/aromatic N) is 4. The summed E-state index contributed by atoms with van der Waals surface area (Å²) in [5.74, 6) is 0.263. The van der Waals surface area contributed by atoms with E-state index in [1.807, 2.05) is 23.1 Å². The number of hydroxylamine groups is 2. The molecule has 17 nitrogen and oxygen atoms in total. The number of amides is 2. The van der Waals surface area contributed by atoms with Crippen LogP contribution in [0.15, 0.2) is 28.7 Å². The number of aromatic nitrogens is 1. The maximum absolute atomic E-state index is 13.2. The van der Waals surface area contributed by atoms with Gasteiger partial charge in [0, 0.05) is 30.6 Å². The Morgan fingerprint density at radius 1 is 1.28 bits per heavy atom. The van der Waals surface area contributed by atoms with Gasteiger partial charge >= 0.3 is 10.4 Å². The second-order valence-corrected chi connectivity index (χ2v) is 13.8. The summed E-state index contributed by atoms with van der Waals surface area (Å²) in [7, 11) is -5.00. The molecule has 0 bridgehead atoms. The number of oxime groups is 1. The Balaban J connectivity index is 1.31. The molecule has 1 aliphatic heterocycles. The zero-order valence-corrected chi connectivity index (χ0v) is 28.0. The second kappa shape index (κ2) is 15.2. The van der Waals surface area contributed by atoms with Gasteiger partial charge in [0.2, 0.25) is 6.41 Å². The number of guanidine groups is 1. The molecule has 0 saturated heterocycles. The number of carbonyl (C=O) groups excluding carboxylic acids is 2. The van der Waals surface area contributed by atoms with Crippen LogP contribution in [-0.4, -0.2) is 88.8 Å². The summed E-state index contributed by atoms with van der Waals surface area (Å²) in [6, 6.07) is 5.35. The standard InChI is InChI=1S/C28H41N9O8S2/c1-17(28(2,3)37(16-38)45-47(40,41)42)32-25(39)24(23-15-46-27(31)34-23)35-44-11-10-43-22-9-4-18-13-36(14-19(18)12-22)26(30)33-21-7-5-20(29)6-8-21/h4,9,12,15-17,20-21H,5-8,10-11,13-14,29H2,1-3H3,(H2,30,33)(H2,31,34)(H,32,39)(H,40,41,42)/b35-24-. The van der Waals surface area contributed by atoms with Crippen LogP contribution in [0.1, 0.15) is 63.3 Å². The lowest BCUT2D eigenvalue weighted by molar-refractivity contribution is -0.166. The van der Waals surface area contributed by atoms with E-state index in [2.05, 4.69) is 25.1 Å². The number of hydrogen-bond acceptors (Lipinski definition) is 13. The smallest absolute Gasteiger partial charge is 0.418 e. The molecule has 258 valence electrons. The topological polar surface area (TPSA) is 248 Å². The van der Waals surface area contributed by atoms with Gasteiger partial charge in [-0.3, -0.25) is 19.6 Å². The molecule has 8 N–H and O–H groups in total. The predicted molar refractivity (Wildman–Crippen MR) is 174 cm³/mol. The number of nitrogens with two attached hydrogens (primary N) is 2. The van der Waals surface area contributed by atoms with Gasteiger partial charge in [0.1, 0.15) is 18.1 Å². The fourth-order valence-corrected chi connectivity index (χ4v) is 6.04. The van der Waals surface area contributed by atoms with E-state index in [-0.39, 0.29) is 48.2 Å². The molecule has 0 spiro atoms. The number of hydrogen-bond donors (Lipinski definition) is 6. The highest BCUT2D eigenvalue weighted by molar-refractivity contribution is 7.80. The number of thiazole rings is 1. The van der Waals surface area contributed by atoms with Crippen LogP contribution in [0.25, 0.3) is 0 Å². The van der Waals surface area contributed by atoms with E-state index >= 15 is 0 Å². The molecular formula is C28H41N9O8S2. The monoisotopic (exact) mass is 695 g/mol. The van der Waals surface area contributed by atoms with E-state index in [1.54, 1.807) is 0 Å². The first kappa shape index (κ1) is 35.8. The summed E-state index contributed by atoms with van der Waals surface area (Å²) in [6.45, 7) is 5.61. The molecule has 4 rings (SSSR count). The SMILES string of the molecule is CC(NC(=O)/C(=N\OCCOc1ccc2c(c1)CN(C(=N)NC1CCC(N)CC1)C2)c1csc(N)n1)C(C)(C)N(C=O)OS(=O)(=O)O. The Morgan fingerprint density at radius 3 is 2.62 bits per heavy atom. The Hall–Kier alpha value is -4.04. The minimum Gasteiger partial charge on any atom is -0.490 e. The number of nitrogens with one attached hydrogen (secondary N) is 3. The summed E-state index contributed by atoms with van der Waals surface area (Å²) in [6.07, 6.45) is 3.91. The van der Waals surface area contributed by atoms with E-state index in [0.29, 0.717) is 29.9 Å². The van der Waals surface area contributed by atoms with Crippen LogP contribution in [-0.2, 0) is 42.2 Å². The normalized spacial score (nSPS) is 19.0. The molecule has 1 saturated carbocycles. The first-order valence-electron chi connectivity index (χ1n) is 14.9. The largest absolute Gasteiger partial charge is 0.490 e. The number of ether oxygens (including phenoxy) is 1. The molecule has 1 aliphatic carbocycles. The lowest BCUT2D eigenvalue weighted by Crippen LogP contribution is -2.58. The summed E-state index contributed by atoms with van der Waals surface area (Å²) in [4.78, 5) is 36.2. The van der Waals surface area contributed by atoms with Crippen molar-refractivity contribution in [3.63, 3.8) is 0 Å². The molecule has 2 heterocycles. The molecule has 1 unspecified atom stereocenters. The maximum atomic E-state index is 13.2. The maximum Gasteiger partial charge on any atom is 0.418 e. The molecule has 0 radical (unpaired) electrons. The summed E-state index contributed by atoms with van der Waals surface area (Å²) in [5.41, 5.74) is 12.4. The fourth-order valence-electron chi connectivity index (χ4n) is 5.06. The molecule has 47 heavy (non-hydrogen) atoms. The predicted octanol–water partition coefficient (Wildman–Crippen LogP) is 1.11. The Bertz CT molecular complexity index is 1580. The van der Waals surface area contributed by atoms with Crippen LogP contribution >= 0.6 is 11.3 Å². The molecule has 1 aromatic carbocycles. The number of benzene rings is 1. The third-order valence-corrected chi connectivity index (χ3v) is 9.18. The number of anilines is 1. The first-order valence-corrected chi connectivity index (χ1v) is 17.1. The lowest BCUT2D eigenvalue weighted by Gasteiger charge is -2.37. The minimum absolute atomic E-state index is 0.0264. The van der Waals surface area contributed by atoms with Gasteiger partial charge in [0.25, 0.3) is 5.91 Å². The van der Waals surface area contributed by atoms with Crippen LogP contribution in [0.3, 0.4) is 0 Å². The van der Waals surface area contributed by atoms with Gasteiger partial charge < -0.3 is 36.6 Å². The highest BCUT2D eigenvalue weighted by Gasteiger charge is 2.38. The van der Waals surface area contributed by atoms with E-state index in [1.165, 1.54) is 26.2 Å². The van der Waals surface area contributed by atoms with Crippen molar-refractivity contribution in [2.24, 2.45) is 10.9 Å². The van der Waals surface area contributed by atoms with Gasteiger partial charge in [-0.1, -0.05) is 11.2 Å². The molecule has 1 atom stereocenters. The lowest BCUT2D eigenvalue weighted by atomic mass is 9.92. The second-order valence-electron chi connectivity index (χ2n) is 11.9. The molecule has 2 amide bonds. The van der Waals surface area contributed by atoms with Crippen LogP contribution < -0.4 is 26.8 Å². The Morgan fingerprint density at radius 2 is 1.98 bits per heavy atom. The van der Waals surface area contributed by atoms with Gasteiger partial charge in [-0.15, -0.1) is 15.6 Å². The molecule has 19 heteroatoms. The molecule has 2 aliphatic rings. The molecule has 2 aromatic rings. The van der Waals surface area contributed by atoms with Crippen LogP contribution in [0, 0.1) is 5.41 Å². The summed E-state index contributed by atoms with van der Waals surface area (Å²) >= 11 is 1.08. The van der Waals surface area contributed by atoms with E-state index in [4.69, 9.17) is 31.0 Å². The first-order chi connectivity index (χ1) is 22.2. The highest BCUT2D eigenvalue weighted by Crippen LogP contribution is 2.27. The minimum atomic E-state index is -5.00. The highest BCUT2D eigenvalue weighted by atomic mass is 32.3. The molecular weight excluding hydrogens is 654 g/mol. The van der Waals surface area contributed by atoms with Crippen molar-refractivity contribution in [3.8, 4) is 5.75 Å². The van der Waals surface area contributed by atoms with Gasteiger partial charge in [-0.2, -0.15) is 13.5 Å². The van der Waals surface area contributed by atoms with Gasteiger partial charge in [-0.05, 0) is 69.7 Å². The van der Waals surface area contributed by atoms with Crippen LogP contribution in [0.5, 0.6) is 5.75 Å². The third-order valence-electron chi connectivity index (χ3n) is 8.15. The summed E-state index contributed by atoms with van der Waals surface area (Å²) in [5, 5.41) is 20.5. The molecule has 1 aromatic heterocycles. The van der Waals surface area contributed by atoms with Crippen LogP contribution in [0.4, 0.5) is 5.13 Å². The van der Waals surface area contributed by atoms with E-state index in [0.717, 1.165) is 48.1 Å². The van der Waals surface area contributed by atoms with Crippen molar-refractivity contribution in [1.29, 1.82) is 5.41 Å². The van der Waals surface area contributed by atoms with Crippen molar-refractivity contribution in [2.75, 3.05) is 18.9 Å². The van der Waals surface area contributed by atoms with Crippen molar-refractivity contribution >= 4 is 50.9 Å². The van der Waals surface area contributed by atoms with E-state index < -0.39 is 27.9 Å². The van der Waals surface area contributed by atoms with Crippen molar-refractivity contribution in [1.82, 2.24) is 25.6 Å². The van der Waals surface area contributed by atoms with Crippen molar-refractivity contribution in [2.45, 2.75) is 83.2 Å². The Kier molecular flexibility index (Phi) is 11.6. The van der Waals surface area contributed by atoms with Crippen molar-refractivity contribution in [3.05, 3.63) is 40.4 Å². The number of rotatable bonds is 14. The van der Waals surface area contributed by atoms with Gasteiger partial charge in [0.15, 0.2) is 23.4 Å². The average Bonchev–Trinajstić information content (AvgIpc) is 3.64. The Labute approximate surface area is 277 Å². The zero-order chi connectivity index (χ0) is 34.4. The quantitative estimate of drug-likeness (QED) is 0.0405.